The molecule has 0 aromatic heterocycles. The minimum Gasteiger partial charge on any atom is -0.362 e. The second-order valence-corrected chi connectivity index (χ2v) is 1.55. The first-order valence-corrected chi connectivity index (χ1v) is 2.66. The van der Waals surface area contributed by atoms with Gasteiger partial charge in [0.15, 0.2) is 6.29 Å². The Labute approximate surface area is 56.0 Å². The van der Waals surface area contributed by atoms with Gasteiger partial charge in [-0.15, -0.1) is 0 Å². The van der Waals surface area contributed by atoms with Crippen LogP contribution in [-0.2, 0) is 9.53 Å². The normalized spacial score (nSPS) is 14.8. The summed E-state index contributed by atoms with van der Waals surface area (Å²) in [6.07, 6.45) is -7.10. The molecule has 0 aliphatic carbocycles. The van der Waals surface area contributed by atoms with Gasteiger partial charge in [-0.2, -0.15) is 13.2 Å². The molecule has 0 heterocycles. The summed E-state index contributed by atoms with van der Waals surface area (Å²) in [6, 6.07) is 0. The quantitative estimate of drug-likeness (QED) is 0.573. The zero-order valence-electron chi connectivity index (χ0n) is 5.31. The van der Waals surface area contributed by atoms with E-state index in [1.807, 2.05) is 0 Å². The molecule has 5 heteroatoms. The molecule has 2 nitrogen and oxygen atoms in total. The molecule has 0 aliphatic heterocycles. The van der Waals surface area contributed by atoms with Crippen LogP contribution in [0.1, 0.15) is 6.92 Å². The Bertz CT molecular complexity index is 110. The fourth-order valence-corrected chi connectivity index (χ4v) is 0.390. The molecular formula is C5H7F3O2. The van der Waals surface area contributed by atoms with E-state index in [-0.39, 0.29) is 12.9 Å². The van der Waals surface area contributed by atoms with Gasteiger partial charge < -0.3 is 9.53 Å². The lowest BCUT2D eigenvalue weighted by Gasteiger charge is -2.13. The minimum atomic E-state index is -4.57. The largest absolute Gasteiger partial charge is 0.421 e. The van der Waals surface area contributed by atoms with E-state index in [1.165, 1.54) is 6.92 Å². The Morgan fingerprint density at radius 2 is 2.10 bits per heavy atom. The molecule has 0 radical (unpaired) electrons. The zero-order chi connectivity index (χ0) is 8.20. The summed E-state index contributed by atoms with van der Waals surface area (Å²) in [7, 11) is 0. The van der Waals surface area contributed by atoms with Gasteiger partial charge in [-0.1, -0.05) is 0 Å². The molecule has 10 heavy (non-hydrogen) atoms. The standard InChI is InChI=1S/C5H7F3O2/c1-2-10-4(3-9)5(6,7)8/h3-4H,2H2,1H3. The molecule has 0 spiro atoms. The van der Waals surface area contributed by atoms with Crippen LogP contribution in [0.15, 0.2) is 0 Å². The predicted octanol–water partition coefficient (Wildman–Crippen LogP) is 1.15. The second kappa shape index (κ2) is 3.55. The molecule has 60 valence electrons. The maximum atomic E-state index is 11.6. The monoisotopic (exact) mass is 156 g/mol. The van der Waals surface area contributed by atoms with Crippen LogP contribution in [0.2, 0.25) is 0 Å². The van der Waals surface area contributed by atoms with Crippen molar-refractivity contribution in [2.24, 2.45) is 0 Å². The van der Waals surface area contributed by atoms with Crippen LogP contribution in [0.4, 0.5) is 13.2 Å². The number of rotatable bonds is 3. The number of hydrogen-bond acceptors (Lipinski definition) is 2. The number of halogens is 3. The average Bonchev–Trinajstić information content (AvgIpc) is 1.80. The summed E-state index contributed by atoms with van der Waals surface area (Å²) >= 11 is 0. The SMILES string of the molecule is CCOC(C=O)C(F)(F)F. The smallest absolute Gasteiger partial charge is 0.362 e. The number of carbonyl (C=O) groups excluding carboxylic acids is 1. The van der Waals surface area contributed by atoms with Crippen LogP contribution in [0.5, 0.6) is 0 Å². The van der Waals surface area contributed by atoms with Gasteiger partial charge >= 0.3 is 6.18 Å². The van der Waals surface area contributed by atoms with Gasteiger partial charge in [0.05, 0.1) is 0 Å². The Hall–Kier alpha value is -0.580. The number of ether oxygens (including phenoxy) is 1. The summed E-state index contributed by atoms with van der Waals surface area (Å²) in [6.45, 7) is 1.27. The van der Waals surface area contributed by atoms with Crippen molar-refractivity contribution in [2.75, 3.05) is 6.61 Å². The van der Waals surface area contributed by atoms with E-state index in [2.05, 4.69) is 4.74 Å². The van der Waals surface area contributed by atoms with E-state index in [9.17, 15) is 18.0 Å². The van der Waals surface area contributed by atoms with E-state index in [0.717, 1.165) is 0 Å². The van der Waals surface area contributed by atoms with Gasteiger partial charge in [0.2, 0.25) is 6.10 Å². The molecule has 0 amide bonds. The maximum absolute atomic E-state index is 11.6. The van der Waals surface area contributed by atoms with Crippen molar-refractivity contribution in [3.05, 3.63) is 0 Å². The molecule has 1 unspecified atom stereocenters. The Morgan fingerprint density at radius 3 is 2.20 bits per heavy atom. The van der Waals surface area contributed by atoms with E-state index < -0.39 is 12.3 Å². The van der Waals surface area contributed by atoms with Gasteiger partial charge in [0.1, 0.15) is 0 Å². The Kier molecular flexibility index (Phi) is 3.35. The number of aldehydes is 1. The molecule has 0 aromatic rings. The highest BCUT2D eigenvalue weighted by Gasteiger charge is 2.40. The van der Waals surface area contributed by atoms with Crippen molar-refractivity contribution in [1.82, 2.24) is 0 Å². The molecule has 0 saturated carbocycles. The summed E-state index contributed by atoms with van der Waals surface area (Å²) in [4.78, 5) is 9.70. The fraction of sp³-hybridized carbons (Fsp3) is 0.800. The van der Waals surface area contributed by atoms with Crippen molar-refractivity contribution in [3.8, 4) is 0 Å². The van der Waals surface area contributed by atoms with Crippen LogP contribution < -0.4 is 0 Å². The van der Waals surface area contributed by atoms with Crippen molar-refractivity contribution < 1.29 is 22.7 Å². The molecule has 0 fully saturated rings. The molecule has 0 saturated heterocycles. The molecule has 0 aliphatic rings. The van der Waals surface area contributed by atoms with Crippen LogP contribution in [0.3, 0.4) is 0 Å². The highest BCUT2D eigenvalue weighted by atomic mass is 19.4. The van der Waals surface area contributed by atoms with Crippen LogP contribution >= 0.6 is 0 Å². The number of hydrogen-bond donors (Lipinski definition) is 0. The maximum Gasteiger partial charge on any atom is 0.421 e. The van der Waals surface area contributed by atoms with Crippen LogP contribution in [0, 0.1) is 0 Å². The lowest BCUT2D eigenvalue weighted by molar-refractivity contribution is -0.210. The predicted molar refractivity (Wildman–Crippen MR) is 27.5 cm³/mol. The summed E-state index contributed by atoms with van der Waals surface area (Å²) in [5.41, 5.74) is 0. The zero-order valence-corrected chi connectivity index (χ0v) is 5.31. The molecule has 1 atom stereocenters. The third-order valence-corrected chi connectivity index (χ3v) is 0.792. The van der Waals surface area contributed by atoms with Crippen molar-refractivity contribution >= 4 is 6.29 Å². The molecule has 0 N–H and O–H groups in total. The van der Waals surface area contributed by atoms with Gasteiger partial charge in [0.25, 0.3) is 0 Å². The van der Waals surface area contributed by atoms with Crippen molar-refractivity contribution in [2.45, 2.75) is 19.2 Å². The number of carbonyl (C=O) groups is 1. The van der Waals surface area contributed by atoms with E-state index in [1.54, 1.807) is 0 Å². The Morgan fingerprint density at radius 1 is 1.60 bits per heavy atom. The topological polar surface area (TPSA) is 26.3 Å². The van der Waals surface area contributed by atoms with Gasteiger partial charge in [-0.25, -0.2) is 0 Å². The van der Waals surface area contributed by atoms with E-state index >= 15 is 0 Å². The first-order chi connectivity index (χ1) is 4.52. The fourth-order valence-electron chi connectivity index (χ4n) is 0.390. The minimum absolute atomic E-state index is 0.122. The lowest BCUT2D eigenvalue weighted by atomic mass is 10.4. The summed E-state index contributed by atoms with van der Waals surface area (Å²) in [5.74, 6) is 0. The van der Waals surface area contributed by atoms with E-state index in [0.29, 0.717) is 0 Å². The molecule has 0 rings (SSSR count). The Balaban J connectivity index is 3.93. The van der Waals surface area contributed by atoms with E-state index in [4.69, 9.17) is 0 Å². The lowest BCUT2D eigenvalue weighted by Crippen LogP contribution is -2.32. The van der Waals surface area contributed by atoms with Gasteiger partial charge in [0, 0.05) is 6.61 Å². The van der Waals surface area contributed by atoms with Crippen LogP contribution in [-0.4, -0.2) is 25.2 Å². The summed E-state index contributed by atoms with van der Waals surface area (Å²) < 4.78 is 38.7. The highest BCUT2D eigenvalue weighted by molar-refractivity contribution is 5.57. The second-order valence-electron chi connectivity index (χ2n) is 1.55. The molecule has 0 aromatic carbocycles. The highest BCUT2D eigenvalue weighted by Crippen LogP contribution is 2.20. The summed E-state index contributed by atoms with van der Waals surface area (Å²) in [5, 5.41) is 0. The third kappa shape index (κ3) is 2.82. The first-order valence-electron chi connectivity index (χ1n) is 2.66. The molecule has 0 bridgehead atoms. The van der Waals surface area contributed by atoms with Gasteiger partial charge in [-0.05, 0) is 6.92 Å². The van der Waals surface area contributed by atoms with Crippen molar-refractivity contribution in [1.29, 1.82) is 0 Å². The van der Waals surface area contributed by atoms with Gasteiger partial charge in [-0.3, -0.25) is 0 Å². The average molecular weight is 156 g/mol. The van der Waals surface area contributed by atoms with Crippen molar-refractivity contribution in [3.63, 3.8) is 0 Å². The first kappa shape index (κ1) is 9.42. The van der Waals surface area contributed by atoms with Crippen LogP contribution in [0.25, 0.3) is 0 Å². The number of alkyl halides is 3. The third-order valence-electron chi connectivity index (χ3n) is 0.792. The molecular weight excluding hydrogens is 149 g/mol.